The predicted molar refractivity (Wildman–Crippen MR) is 116 cm³/mol. The van der Waals surface area contributed by atoms with Gasteiger partial charge in [0.1, 0.15) is 0 Å². The molecule has 3 aromatic rings. The number of nitrogens with two attached hydrogens (primary N) is 1. The van der Waals surface area contributed by atoms with Gasteiger partial charge in [0.15, 0.2) is 0 Å². The van der Waals surface area contributed by atoms with Gasteiger partial charge in [0.25, 0.3) is 5.91 Å². The van der Waals surface area contributed by atoms with E-state index >= 15 is 0 Å². The van der Waals surface area contributed by atoms with E-state index in [-0.39, 0.29) is 5.91 Å². The maximum atomic E-state index is 13.1. The molecule has 1 heterocycles. The van der Waals surface area contributed by atoms with E-state index in [9.17, 15) is 14.8 Å². The van der Waals surface area contributed by atoms with Crippen molar-refractivity contribution in [1.82, 2.24) is 4.90 Å². The van der Waals surface area contributed by atoms with E-state index < -0.39 is 7.12 Å². The molecule has 0 aromatic heterocycles. The Bertz CT molecular complexity index is 1030. The van der Waals surface area contributed by atoms with Gasteiger partial charge in [-0.25, -0.2) is 0 Å². The van der Waals surface area contributed by atoms with Gasteiger partial charge in [-0.1, -0.05) is 48.5 Å². The lowest BCUT2D eigenvalue weighted by molar-refractivity contribution is 0.0713. The number of piperidine rings is 1. The number of nitrogens with zero attached hydrogens (tertiary/aromatic N) is 1. The van der Waals surface area contributed by atoms with Crippen LogP contribution in [0.2, 0.25) is 0 Å². The van der Waals surface area contributed by atoms with E-state index in [2.05, 4.69) is 18.2 Å². The van der Waals surface area contributed by atoms with Crippen LogP contribution in [0.25, 0.3) is 10.8 Å². The third kappa shape index (κ3) is 4.05. The van der Waals surface area contributed by atoms with Crippen molar-refractivity contribution in [3.63, 3.8) is 0 Å². The number of rotatable bonds is 4. The Labute approximate surface area is 170 Å². The van der Waals surface area contributed by atoms with Gasteiger partial charge >= 0.3 is 7.12 Å². The molecule has 1 saturated heterocycles. The fourth-order valence-corrected chi connectivity index (χ4v) is 4.23. The van der Waals surface area contributed by atoms with Gasteiger partial charge in [0.05, 0.1) is 0 Å². The summed E-state index contributed by atoms with van der Waals surface area (Å²) >= 11 is 0. The lowest BCUT2D eigenvalue weighted by atomic mass is 9.77. The normalized spacial score (nSPS) is 14.9. The highest BCUT2D eigenvalue weighted by atomic mass is 16.4. The van der Waals surface area contributed by atoms with Crippen LogP contribution in [0.15, 0.2) is 60.7 Å². The molecule has 1 fully saturated rings. The summed E-state index contributed by atoms with van der Waals surface area (Å²) in [5.41, 5.74) is 9.19. The SMILES string of the molecule is NCc1cccc(C2CCN(C(=O)c3ccc4cccc(B(O)O)c4c3)CC2)c1. The van der Waals surface area contributed by atoms with Gasteiger partial charge < -0.3 is 20.7 Å². The van der Waals surface area contributed by atoms with Crippen molar-refractivity contribution in [2.75, 3.05) is 13.1 Å². The zero-order valence-electron chi connectivity index (χ0n) is 16.3. The van der Waals surface area contributed by atoms with Crippen molar-refractivity contribution in [2.45, 2.75) is 25.3 Å². The monoisotopic (exact) mass is 388 g/mol. The largest absolute Gasteiger partial charge is 0.489 e. The molecule has 0 saturated carbocycles. The molecular formula is C23H25BN2O3. The molecule has 0 spiro atoms. The van der Waals surface area contributed by atoms with Gasteiger partial charge in [-0.3, -0.25) is 4.79 Å². The van der Waals surface area contributed by atoms with Crippen molar-refractivity contribution in [3.05, 3.63) is 77.4 Å². The molecule has 4 N–H and O–H groups in total. The van der Waals surface area contributed by atoms with Crippen LogP contribution >= 0.6 is 0 Å². The third-order valence-corrected chi connectivity index (χ3v) is 5.88. The van der Waals surface area contributed by atoms with E-state index in [1.165, 1.54) is 5.56 Å². The minimum atomic E-state index is -1.57. The lowest BCUT2D eigenvalue weighted by Gasteiger charge is -2.32. The molecule has 4 rings (SSSR count). The topological polar surface area (TPSA) is 86.8 Å². The first-order valence-corrected chi connectivity index (χ1v) is 10.0. The van der Waals surface area contributed by atoms with Crippen molar-refractivity contribution in [2.24, 2.45) is 5.73 Å². The Morgan fingerprint density at radius 2 is 1.79 bits per heavy atom. The van der Waals surface area contributed by atoms with Crippen molar-refractivity contribution < 1.29 is 14.8 Å². The van der Waals surface area contributed by atoms with Gasteiger partial charge in [-0.15, -0.1) is 0 Å². The molecular weight excluding hydrogens is 363 g/mol. The van der Waals surface area contributed by atoms with Gasteiger partial charge in [0, 0.05) is 25.2 Å². The molecule has 0 bridgehead atoms. The Morgan fingerprint density at radius 1 is 1.03 bits per heavy atom. The number of carbonyl (C=O) groups is 1. The van der Waals surface area contributed by atoms with Crippen LogP contribution in [-0.4, -0.2) is 41.1 Å². The first-order chi connectivity index (χ1) is 14.1. The summed E-state index contributed by atoms with van der Waals surface area (Å²) < 4.78 is 0. The zero-order valence-corrected chi connectivity index (χ0v) is 16.3. The van der Waals surface area contributed by atoms with E-state index in [0.717, 1.165) is 23.8 Å². The highest BCUT2D eigenvalue weighted by Crippen LogP contribution is 2.29. The number of benzene rings is 3. The summed E-state index contributed by atoms with van der Waals surface area (Å²) in [7, 11) is -1.57. The van der Waals surface area contributed by atoms with Crippen LogP contribution in [0, 0.1) is 0 Å². The molecule has 29 heavy (non-hydrogen) atoms. The molecule has 6 heteroatoms. The van der Waals surface area contributed by atoms with Crippen molar-refractivity contribution in [1.29, 1.82) is 0 Å². The summed E-state index contributed by atoms with van der Waals surface area (Å²) in [6.45, 7) is 1.95. The molecule has 1 aliphatic heterocycles. The molecule has 0 aliphatic carbocycles. The number of carbonyl (C=O) groups excluding carboxylic acids is 1. The Hall–Kier alpha value is -2.67. The molecule has 0 unspecified atom stereocenters. The number of fused-ring (bicyclic) bond motifs is 1. The maximum absolute atomic E-state index is 13.1. The highest BCUT2D eigenvalue weighted by molar-refractivity contribution is 6.62. The van der Waals surface area contributed by atoms with Crippen LogP contribution in [0.4, 0.5) is 0 Å². The number of likely N-dealkylation sites (tertiary alicyclic amines) is 1. The van der Waals surface area contributed by atoms with Gasteiger partial charge in [-0.2, -0.15) is 0 Å². The number of hydrogen-bond donors (Lipinski definition) is 3. The van der Waals surface area contributed by atoms with Crippen LogP contribution in [0.3, 0.4) is 0 Å². The first kappa shape index (κ1) is 19.6. The molecule has 1 amide bonds. The summed E-state index contributed by atoms with van der Waals surface area (Å²) in [5.74, 6) is 0.432. The third-order valence-electron chi connectivity index (χ3n) is 5.88. The van der Waals surface area contributed by atoms with Crippen LogP contribution in [-0.2, 0) is 6.54 Å². The van der Waals surface area contributed by atoms with E-state index in [0.29, 0.717) is 42.0 Å². The predicted octanol–water partition coefficient (Wildman–Crippen LogP) is 2.00. The van der Waals surface area contributed by atoms with Crippen molar-refractivity contribution in [3.8, 4) is 0 Å². The Morgan fingerprint density at radius 3 is 2.52 bits per heavy atom. The first-order valence-electron chi connectivity index (χ1n) is 10.0. The second-order valence-corrected chi connectivity index (χ2v) is 7.67. The fraction of sp³-hybridized carbons (Fsp3) is 0.261. The zero-order chi connectivity index (χ0) is 20.4. The minimum absolute atomic E-state index is 0.0108. The number of amides is 1. The standard InChI is InChI=1S/C23H25BN2O3/c25-15-16-3-1-5-19(13-16)17-9-11-26(12-10-17)23(27)20-8-7-18-4-2-6-22(24(28)29)21(18)14-20/h1-8,13-14,17,28-29H,9-12,15,25H2. The summed E-state index contributed by atoms with van der Waals surface area (Å²) in [5, 5.41) is 20.8. The van der Waals surface area contributed by atoms with Crippen molar-refractivity contribution >= 4 is 29.3 Å². The van der Waals surface area contributed by atoms with Crippen LogP contribution in [0.5, 0.6) is 0 Å². The van der Waals surface area contributed by atoms with E-state index in [4.69, 9.17) is 5.73 Å². The molecule has 148 valence electrons. The average molecular weight is 388 g/mol. The molecule has 1 aliphatic rings. The Kier molecular flexibility index (Phi) is 5.67. The smallest absolute Gasteiger partial charge is 0.423 e. The molecule has 3 aromatic carbocycles. The van der Waals surface area contributed by atoms with Crippen LogP contribution in [0.1, 0.15) is 40.2 Å². The Balaban J connectivity index is 1.50. The quantitative estimate of drug-likeness (QED) is 0.597. The molecule has 0 radical (unpaired) electrons. The second-order valence-electron chi connectivity index (χ2n) is 7.67. The summed E-state index contributed by atoms with van der Waals surface area (Å²) in [6, 6.07) is 19.2. The number of hydrogen-bond acceptors (Lipinski definition) is 4. The maximum Gasteiger partial charge on any atom is 0.489 e. The lowest BCUT2D eigenvalue weighted by Crippen LogP contribution is -2.38. The van der Waals surface area contributed by atoms with E-state index in [1.807, 2.05) is 29.2 Å². The summed E-state index contributed by atoms with van der Waals surface area (Å²) in [6.07, 6.45) is 1.85. The summed E-state index contributed by atoms with van der Waals surface area (Å²) in [4.78, 5) is 14.9. The minimum Gasteiger partial charge on any atom is -0.423 e. The molecule has 0 atom stereocenters. The molecule has 5 nitrogen and oxygen atoms in total. The van der Waals surface area contributed by atoms with Crippen LogP contribution < -0.4 is 11.2 Å². The highest BCUT2D eigenvalue weighted by Gasteiger charge is 2.25. The van der Waals surface area contributed by atoms with E-state index in [1.54, 1.807) is 18.2 Å². The fourth-order valence-electron chi connectivity index (χ4n) is 4.23. The average Bonchev–Trinajstić information content (AvgIpc) is 2.77. The van der Waals surface area contributed by atoms with Gasteiger partial charge in [0.2, 0.25) is 0 Å². The van der Waals surface area contributed by atoms with Gasteiger partial charge in [-0.05, 0) is 58.3 Å². The second kappa shape index (κ2) is 8.37.